The number of carbonyl (C=O) groups is 1. The molecule has 1 aliphatic carbocycles. The first-order chi connectivity index (χ1) is 11.2. The number of morpholine rings is 1. The summed E-state index contributed by atoms with van der Waals surface area (Å²) in [6.07, 6.45) is 6.00. The fraction of sp³-hybridized carbons (Fsp3) is 0.800. The van der Waals surface area contributed by atoms with Crippen molar-refractivity contribution >= 4 is 17.7 Å². The van der Waals surface area contributed by atoms with Crippen LogP contribution in [0.3, 0.4) is 0 Å². The van der Waals surface area contributed by atoms with E-state index in [2.05, 4.69) is 10.2 Å². The summed E-state index contributed by atoms with van der Waals surface area (Å²) in [7, 11) is 0. The number of nitrogens with zero attached hydrogens (tertiary/aromatic N) is 4. The van der Waals surface area contributed by atoms with Crippen LogP contribution in [-0.4, -0.2) is 57.2 Å². The third kappa shape index (κ3) is 3.80. The average molecular weight is 339 g/mol. The fourth-order valence-corrected chi connectivity index (χ4v) is 4.12. The van der Waals surface area contributed by atoms with Crippen LogP contribution in [0, 0.1) is 0 Å². The predicted octanol–water partition coefficient (Wildman–Crippen LogP) is 1.38. The number of amides is 1. The van der Waals surface area contributed by atoms with Crippen molar-refractivity contribution < 1.29 is 9.53 Å². The molecule has 1 aromatic rings. The van der Waals surface area contributed by atoms with Gasteiger partial charge in [-0.3, -0.25) is 4.79 Å². The highest BCUT2D eigenvalue weighted by Crippen LogP contribution is 2.33. The molecule has 1 saturated carbocycles. The van der Waals surface area contributed by atoms with Gasteiger partial charge in [0.1, 0.15) is 0 Å². The standard InChI is InChI=1S/C15H25N5O2S/c1-11(14(21)19-7-9-22-10-8-19)23-15-18-17-13(20(15)16)12-5-3-2-4-6-12/h11-12H,2-10,16H2,1H3/t11-/m1/s1. The summed E-state index contributed by atoms with van der Waals surface area (Å²) in [6.45, 7) is 4.44. The third-order valence-electron chi connectivity index (χ3n) is 4.61. The molecule has 7 nitrogen and oxygen atoms in total. The molecule has 0 bridgehead atoms. The molecule has 2 aliphatic rings. The monoisotopic (exact) mass is 339 g/mol. The van der Waals surface area contributed by atoms with Gasteiger partial charge in [0, 0.05) is 19.0 Å². The molecule has 0 spiro atoms. The topological polar surface area (TPSA) is 86.3 Å². The second kappa shape index (κ2) is 7.53. The number of aromatic nitrogens is 3. The number of nitrogen functional groups attached to an aromatic ring is 1. The molecule has 1 aliphatic heterocycles. The normalized spacial score (nSPS) is 21.3. The van der Waals surface area contributed by atoms with E-state index in [-0.39, 0.29) is 11.2 Å². The van der Waals surface area contributed by atoms with Crippen LogP contribution in [0.5, 0.6) is 0 Å². The molecule has 0 aromatic carbocycles. The summed E-state index contributed by atoms with van der Waals surface area (Å²) >= 11 is 1.39. The number of ether oxygens (including phenoxy) is 1. The van der Waals surface area contributed by atoms with Gasteiger partial charge in [-0.1, -0.05) is 31.0 Å². The molecule has 1 saturated heterocycles. The zero-order valence-corrected chi connectivity index (χ0v) is 14.4. The summed E-state index contributed by atoms with van der Waals surface area (Å²) in [5, 5.41) is 8.90. The highest BCUT2D eigenvalue weighted by molar-refractivity contribution is 8.00. The highest BCUT2D eigenvalue weighted by Gasteiger charge is 2.27. The van der Waals surface area contributed by atoms with E-state index >= 15 is 0 Å². The molecule has 8 heteroatoms. The van der Waals surface area contributed by atoms with Crippen molar-refractivity contribution in [2.45, 2.75) is 55.4 Å². The van der Waals surface area contributed by atoms with E-state index < -0.39 is 0 Å². The fourth-order valence-electron chi connectivity index (χ4n) is 3.26. The number of nitrogens with two attached hydrogens (primary N) is 1. The van der Waals surface area contributed by atoms with Crippen molar-refractivity contribution in [1.82, 2.24) is 19.8 Å². The molecule has 128 valence electrons. The van der Waals surface area contributed by atoms with Gasteiger partial charge in [0.25, 0.3) is 0 Å². The van der Waals surface area contributed by atoms with Gasteiger partial charge in [0.05, 0.1) is 18.5 Å². The predicted molar refractivity (Wildman–Crippen MR) is 88.7 cm³/mol. The molecule has 0 radical (unpaired) electrons. The number of hydrogen-bond donors (Lipinski definition) is 1. The molecular formula is C15H25N5O2S. The number of carbonyl (C=O) groups excluding carboxylic acids is 1. The molecule has 2 N–H and O–H groups in total. The first-order valence-corrected chi connectivity index (χ1v) is 9.28. The first-order valence-electron chi connectivity index (χ1n) is 8.40. The van der Waals surface area contributed by atoms with E-state index in [1.54, 1.807) is 4.68 Å². The van der Waals surface area contributed by atoms with Crippen LogP contribution in [0.2, 0.25) is 0 Å². The van der Waals surface area contributed by atoms with Crippen molar-refractivity contribution in [2.75, 3.05) is 32.1 Å². The van der Waals surface area contributed by atoms with Crippen LogP contribution in [0.15, 0.2) is 5.16 Å². The van der Waals surface area contributed by atoms with Gasteiger partial charge >= 0.3 is 0 Å². The Morgan fingerprint density at radius 2 is 1.96 bits per heavy atom. The van der Waals surface area contributed by atoms with Gasteiger partial charge in [-0.15, -0.1) is 10.2 Å². The Morgan fingerprint density at radius 3 is 2.65 bits per heavy atom. The van der Waals surface area contributed by atoms with Gasteiger partial charge in [0.2, 0.25) is 11.1 Å². The minimum absolute atomic E-state index is 0.112. The molecule has 23 heavy (non-hydrogen) atoms. The Balaban J connectivity index is 1.63. The van der Waals surface area contributed by atoms with Crippen LogP contribution >= 0.6 is 11.8 Å². The second-order valence-corrected chi connectivity index (χ2v) is 7.55. The van der Waals surface area contributed by atoms with Gasteiger partial charge in [-0.2, -0.15) is 0 Å². The third-order valence-corrected chi connectivity index (χ3v) is 5.66. The maximum absolute atomic E-state index is 12.5. The molecule has 1 atom stereocenters. The van der Waals surface area contributed by atoms with Gasteiger partial charge in [-0.25, -0.2) is 4.68 Å². The summed E-state index contributed by atoms with van der Waals surface area (Å²) in [6, 6.07) is 0. The van der Waals surface area contributed by atoms with Crippen LogP contribution in [-0.2, 0) is 9.53 Å². The molecule has 1 aromatic heterocycles. The Labute approximate surface area is 140 Å². The molecule has 0 unspecified atom stereocenters. The van der Waals surface area contributed by atoms with Crippen molar-refractivity contribution in [3.8, 4) is 0 Å². The Morgan fingerprint density at radius 1 is 1.26 bits per heavy atom. The zero-order chi connectivity index (χ0) is 16.2. The van der Waals surface area contributed by atoms with Gasteiger partial charge in [0.15, 0.2) is 5.82 Å². The first kappa shape index (κ1) is 16.6. The summed E-state index contributed by atoms with van der Waals surface area (Å²) in [5.74, 6) is 7.56. The lowest BCUT2D eigenvalue weighted by Gasteiger charge is -2.28. The van der Waals surface area contributed by atoms with E-state index in [1.807, 2.05) is 11.8 Å². The second-order valence-electron chi connectivity index (χ2n) is 6.24. The number of thioether (sulfide) groups is 1. The lowest BCUT2D eigenvalue weighted by Crippen LogP contribution is -2.44. The van der Waals surface area contributed by atoms with Crippen molar-refractivity contribution in [3.05, 3.63) is 5.82 Å². The van der Waals surface area contributed by atoms with Crippen LogP contribution < -0.4 is 5.84 Å². The van der Waals surface area contributed by atoms with E-state index in [0.717, 1.165) is 18.7 Å². The molecule has 3 rings (SSSR count). The number of hydrogen-bond acceptors (Lipinski definition) is 6. The van der Waals surface area contributed by atoms with E-state index in [1.165, 1.54) is 31.0 Å². The largest absolute Gasteiger partial charge is 0.378 e. The van der Waals surface area contributed by atoms with Gasteiger partial charge in [-0.05, 0) is 19.8 Å². The van der Waals surface area contributed by atoms with Crippen LogP contribution in [0.4, 0.5) is 0 Å². The molecular weight excluding hydrogens is 314 g/mol. The minimum atomic E-state index is -0.223. The van der Waals surface area contributed by atoms with Crippen molar-refractivity contribution in [2.24, 2.45) is 0 Å². The smallest absolute Gasteiger partial charge is 0.236 e. The zero-order valence-electron chi connectivity index (χ0n) is 13.6. The SMILES string of the molecule is C[C@@H](Sc1nnc(C2CCCCC2)n1N)C(=O)N1CCOCC1. The Kier molecular flexibility index (Phi) is 5.42. The highest BCUT2D eigenvalue weighted by atomic mass is 32.2. The summed E-state index contributed by atoms with van der Waals surface area (Å²) in [5.41, 5.74) is 0. The van der Waals surface area contributed by atoms with Gasteiger partial charge < -0.3 is 15.5 Å². The van der Waals surface area contributed by atoms with E-state index in [0.29, 0.717) is 37.4 Å². The minimum Gasteiger partial charge on any atom is -0.378 e. The van der Waals surface area contributed by atoms with E-state index in [9.17, 15) is 4.79 Å². The van der Waals surface area contributed by atoms with Crippen LogP contribution in [0.25, 0.3) is 0 Å². The maximum Gasteiger partial charge on any atom is 0.236 e. The average Bonchev–Trinajstić information content (AvgIpc) is 2.96. The lowest BCUT2D eigenvalue weighted by atomic mass is 9.89. The van der Waals surface area contributed by atoms with Crippen molar-refractivity contribution in [3.63, 3.8) is 0 Å². The van der Waals surface area contributed by atoms with Crippen molar-refractivity contribution in [1.29, 1.82) is 0 Å². The maximum atomic E-state index is 12.5. The van der Waals surface area contributed by atoms with Crippen LogP contribution in [0.1, 0.15) is 50.8 Å². The summed E-state index contributed by atoms with van der Waals surface area (Å²) in [4.78, 5) is 14.3. The Bertz CT molecular complexity index is 538. The molecule has 1 amide bonds. The summed E-state index contributed by atoms with van der Waals surface area (Å²) < 4.78 is 6.88. The Hall–Kier alpha value is -1.28. The number of rotatable bonds is 4. The molecule has 2 fully saturated rings. The van der Waals surface area contributed by atoms with E-state index in [4.69, 9.17) is 10.6 Å². The quantitative estimate of drug-likeness (QED) is 0.659. The lowest BCUT2D eigenvalue weighted by molar-refractivity contribution is -0.134. The molecule has 2 heterocycles.